The molecule has 1 aromatic rings. The van der Waals surface area contributed by atoms with Crippen LogP contribution >= 0.6 is 11.3 Å². The Morgan fingerprint density at radius 1 is 1.00 bits per heavy atom. The minimum absolute atomic E-state index is 0.00391. The zero-order valence-corrected chi connectivity index (χ0v) is 27.6. The van der Waals surface area contributed by atoms with Gasteiger partial charge in [-0.05, 0) is 90.5 Å². The molecule has 6 rings (SSSR count). The Hall–Kier alpha value is -2.08. The lowest BCUT2D eigenvalue weighted by Gasteiger charge is -2.69. The number of carbonyl (C=O) groups is 2. The summed E-state index contributed by atoms with van der Waals surface area (Å²) >= 11 is 1.22. The van der Waals surface area contributed by atoms with Crippen LogP contribution in [0.3, 0.4) is 0 Å². The first-order chi connectivity index (χ1) is 19.4. The van der Waals surface area contributed by atoms with Gasteiger partial charge in [0.05, 0.1) is 5.57 Å². The van der Waals surface area contributed by atoms with E-state index in [4.69, 9.17) is 0 Å². The quantitative estimate of drug-likeness (QED) is 0.398. The first-order valence-corrected chi connectivity index (χ1v) is 17.8. The van der Waals surface area contributed by atoms with Crippen LogP contribution in [0.5, 0.6) is 0 Å². The molecular formula is C34H44N2O4S2. The number of nitrogens with zero attached hydrogens (tertiary/aromatic N) is 1. The highest BCUT2D eigenvalue weighted by Gasteiger charge is 2.70. The molecule has 0 aromatic carbocycles. The number of Topliss-reactive ketones (excluding diaryl/α,β-unsaturated/α-hetero) is 1. The van der Waals surface area contributed by atoms with Gasteiger partial charge in [0.15, 0.2) is 11.6 Å². The minimum atomic E-state index is -3.73. The van der Waals surface area contributed by atoms with Gasteiger partial charge in [0.25, 0.3) is 10.0 Å². The van der Waals surface area contributed by atoms with Crippen molar-refractivity contribution in [1.82, 2.24) is 4.72 Å². The first kappa shape index (κ1) is 30.0. The number of nitrogens with one attached hydrogen (secondary N) is 1. The lowest BCUT2D eigenvalue weighted by molar-refractivity contribution is -0.159. The topological polar surface area (TPSA) is 104 Å². The van der Waals surface area contributed by atoms with Gasteiger partial charge in [-0.25, -0.2) is 13.1 Å². The Bertz CT molecular complexity index is 1580. The highest BCUT2D eigenvalue weighted by Crippen LogP contribution is 2.73. The number of hydrogen-bond acceptors (Lipinski definition) is 6. The number of hydrogen-bond donors (Lipinski definition) is 1. The first-order valence-electron chi connectivity index (χ1n) is 15.4. The zero-order chi connectivity index (χ0) is 30.7. The number of fused-ring (bicyclic) bond motifs is 7. The molecule has 0 saturated heterocycles. The van der Waals surface area contributed by atoms with Gasteiger partial charge in [0.2, 0.25) is 0 Å². The average molecular weight is 609 g/mol. The molecule has 3 saturated carbocycles. The van der Waals surface area contributed by atoms with Crippen LogP contribution in [0, 0.1) is 56.2 Å². The molecule has 0 aliphatic heterocycles. The van der Waals surface area contributed by atoms with Gasteiger partial charge in [-0.3, -0.25) is 9.59 Å². The summed E-state index contributed by atoms with van der Waals surface area (Å²) in [5.74, 6) is -0.473. The average Bonchev–Trinajstić information content (AvgIpc) is 3.45. The molecule has 226 valence electrons. The number of thiophene rings is 1. The third kappa shape index (κ3) is 3.85. The molecule has 1 N–H and O–H groups in total. The van der Waals surface area contributed by atoms with Gasteiger partial charge >= 0.3 is 0 Å². The molecule has 0 radical (unpaired) electrons. The molecule has 2 unspecified atom stereocenters. The predicted molar refractivity (Wildman–Crippen MR) is 164 cm³/mol. The van der Waals surface area contributed by atoms with Crippen LogP contribution in [-0.2, 0) is 19.6 Å². The number of carbonyl (C=O) groups excluding carboxylic acids is 2. The third-order valence-electron chi connectivity index (χ3n) is 13.0. The Kier molecular flexibility index (Phi) is 6.41. The molecule has 6 nitrogen and oxygen atoms in total. The van der Waals surface area contributed by atoms with Gasteiger partial charge < -0.3 is 0 Å². The normalized spacial score (nSPS) is 42.2. The van der Waals surface area contributed by atoms with Crippen LogP contribution in [-0.4, -0.2) is 25.5 Å². The van der Waals surface area contributed by atoms with E-state index in [0.717, 1.165) is 37.7 Å². The Balaban J connectivity index is 1.50. The molecule has 1 aromatic heterocycles. The second-order valence-electron chi connectivity index (χ2n) is 16.0. The summed E-state index contributed by atoms with van der Waals surface area (Å²) in [7, 11) is -3.73. The Labute approximate surface area is 255 Å². The van der Waals surface area contributed by atoms with Gasteiger partial charge in [0.1, 0.15) is 10.3 Å². The monoisotopic (exact) mass is 608 g/mol. The van der Waals surface area contributed by atoms with Crippen LogP contribution in [0.15, 0.2) is 45.0 Å². The van der Waals surface area contributed by atoms with Crippen molar-refractivity contribution in [3.05, 3.63) is 40.8 Å². The van der Waals surface area contributed by atoms with E-state index in [0.29, 0.717) is 17.1 Å². The van der Waals surface area contributed by atoms with E-state index < -0.39 is 26.4 Å². The number of rotatable bonds is 3. The standard InChI is InChI=1S/C34H44N2O4S2/c1-29(2)12-14-34(36-42(39,40)26-9-8-16-41-26)15-13-33(7)27(22(34)19-29)23(37)17-25-31(5)18-21(20-35)28(38)30(3,4)24(31)10-11-32(25,33)6/h8-9,16-18,22,24,27,36H,10-15,19H2,1-7H3/t22?,24-,27?,31-,32+,33+,34-/m0/s1. The lowest BCUT2D eigenvalue weighted by atomic mass is 9.35. The van der Waals surface area contributed by atoms with Crippen molar-refractivity contribution in [2.45, 2.75) is 103 Å². The number of sulfonamides is 1. The smallest absolute Gasteiger partial charge is 0.250 e. The molecule has 0 spiro atoms. The second kappa shape index (κ2) is 8.99. The summed E-state index contributed by atoms with van der Waals surface area (Å²) in [6.07, 6.45) is 9.26. The van der Waals surface area contributed by atoms with Crippen LogP contribution in [0.4, 0.5) is 0 Å². The van der Waals surface area contributed by atoms with Crippen molar-refractivity contribution < 1.29 is 18.0 Å². The molecule has 5 aliphatic rings. The molecule has 8 heteroatoms. The molecule has 42 heavy (non-hydrogen) atoms. The van der Waals surface area contributed by atoms with Gasteiger partial charge in [0, 0.05) is 22.3 Å². The summed E-state index contributed by atoms with van der Waals surface area (Å²) in [6, 6.07) is 5.58. The van der Waals surface area contributed by atoms with Crippen LogP contribution < -0.4 is 4.72 Å². The molecule has 3 fully saturated rings. The van der Waals surface area contributed by atoms with E-state index in [1.165, 1.54) is 11.3 Å². The minimum Gasteiger partial charge on any atom is -0.295 e. The van der Waals surface area contributed by atoms with E-state index in [1.54, 1.807) is 17.5 Å². The third-order valence-corrected chi connectivity index (χ3v) is 15.9. The fourth-order valence-corrected chi connectivity index (χ4v) is 13.0. The van der Waals surface area contributed by atoms with Gasteiger partial charge in [-0.2, -0.15) is 5.26 Å². The highest BCUT2D eigenvalue weighted by atomic mass is 32.2. The van der Waals surface area contributed by atoms with Crippen molar-refractivity contribution in [3.8, 4) is 6.07 Å². The Morgan fingerprint density at radius 2 is 1.69 bits per heavy atom. The Morgan fingerprint density at radius 3 is 2.33 bits per heavy atom. The van der Waals surface area contributed by atoms with E-state index in [2.05, 4.69) is 45.4 Å². The fraction of sp³-hybridized carbons (Fsp3) is 0.676. The highest BCUT2D eigenvalue weighted by molar-refractivity contribution is 7.91. The summed E-state index contributed by atoms with van der Waals surface area (Å²) in [4.78, 5) is 27.9. The predicted octanol–water partition coefficient (Wildman–Crippen LogP) is 7.00. The van der Waals surface area contributed by atoms with Crippen molar-refractivity contribution in [3.63, 3.8) is 0 Å². The van der Waals surface area contributed by atoms with Crippen molar-refractivity contribution in [2.24, 2.45) is 44.8 Å². The maximum absolute atomic E-state index is 14.6. The summed E-state index contributed by atoms with van der Waals surface area (Å²) in [5, 5.41) is 11.7. The maximum Gasteiger partial charge on any atom is 0.250 e. The van der Waals surface area contributed by atoms with E-state index in [-0.39, 0.29) is 51.1 Å². The molecule has 0 bridgehead atoms. The second-order valence-corrected chi connectivity index (χ2v) is 18.8. The number of allylic oxidation sites excluding steroid dienone is 4. The van der Waals surface area contributed by atoms with Crippen molar-refractivity contribution >= 4 is 32.9 Å². The lowest BCUT2D eigenvalue weighted by Crippen LogP contribution is -2.69. The number of ketones is 2. The van der Waals surface area contributed by atoms with Gasteiger partial charge in [-0.15, -0.1) is 11.3 Å². The molecule has 5 aliphatic carbocycles. The zero-order valence-electron chi connectivity index (χ0n) is 26.0. The molecular weight excluding hydrogens is 565 g/mol. The van der Waals surface area contributed by atoms with E-state index in [1.807, 2.05) is 26.0 Å². The summed E-state index contributed by atoms with van der Waals surface area (Å²) in [6.45, 7) is 15.1. The van der Waals surface area contributed by atoms with Crippen LogP contribution in [0.25, 0.3) is 0 Å². The molecule has 1 heterocycles. The molecule has 0 amide bonds. The van der Waals surface area contributed by atoms with E-state index >= 15 is 0 Å². The van der Waals surface area contributed by atoms with Gasteiger partial charge in [-0.1, -0.05) is 66.2 Å². The van der Waals surface area contributed by atoms with Crippen molar-refractivity contribution in [1.29, 1.82) is 5.26 Å². The van der Waals surface area contributed by atoms with E-state index in [9.17, 15) is 23.3 Å². The largest absolute Gasteiger partial charge is 0.295 e. The fourth-order valence-electron chi connectivity index (χ4n) is 10.5. The summed E-state index contributed by atoms with van der Waals surface area (Å²) in [5.41, 5.74) is -1.42. The van der Waals surface area contributed by atoms with Crippen LogP contribution in [0.2, 0.25) is 0 Å². The SMILES string of the molecule is CC1(C)CC[C@]2(NS(=O)(=O)c3cccs3)CC[C@]3(C)C(C(=O)C=C4[C@@]5(C)C=C(C#N)C(=O)C(C)(C)[C@@H]5CC[C@]43C)C2C1. The van der Waals surface area contributed by atoms with Crippen LogP contribution in [0.1, 0.15) is 93.4 Å². The summed E-state index contributed by atoms with van der Waals surface area (Å²) < 4.78 is 30.9. The molecule has 7 atom stereocenters. The number of nitriles is 1. The maximum atomic E-state index is 14.6. The van der Waals surface area contributed by atoms with Crippen molar-refractivity contribution in [2.75, 3.05) is 0 Å².